The lowest BCUT2D eigenvalue weighted by Gasteiger charge is -2.31. The van der Waals surface area contributed by atoms with E-state index in [9.17, 15) is 4.79 Å². The minimum Gasteiger partial charge on any atom is -0.351 e. The highest BCUT2D eigenvalue weighted by atomic mass is 16.5. The number of hydrogen-bond donors (Lipinski definition) is 2. The Balaban J connectivity index is 1.43. The molecule has 1 aromatic heterocycles. The Morgan fingerprint density at radius 1 is 1.19 bits per heavy atom. The molecule has 1 aromatic carbocycles. The van der Waals surface area contributed by atoms with Crippen molar-refractivity contribution in [3.8, 4) is 0 Å². The molecule has 2 aromatic rings. The lowest BCUT2D eigenvalue weighted by Crippen LogP contribution is -2.41. The van der Waals surface area contributed by atoms with E-state index in [0.717, 1.165) is 55.1 Å². The van der Waals surface area contributed by atoms with Gasteiger partial charge in [0.15, 0.2) is 0 Å². The summed E-state index contributed by atoms with van der Waals surface area (Å²) < 4.78 is 5.88. The van der Waals surface area contributed by atoms with E-state index in [-0.39, 0.29) is 18.3 Å². The molecule has 3 aliphatic rings. The number of carbonyl (C=O) groups excluding carboxylic acids is 1. The number of anilines is 1. The zero-order valence-electron chi connectivity index (χ0n) is 18.0. The molecule has 2 N–H and O–H groups in total. The van der Waals surface area contributed by atoms with E-state index in [0.29, 0.717) is 12.6 Å². The van der Waals surface area contributed by atoms with Crippen molar-refractivity contribution in [1.29, 1.82) is 0 Å². The van der Waals surface area contributed by atoms with Gasteiger partial charge in [0, 0.05) is 44.4 Å². The van der Waals surface area contributed by atoms with Gasteiger partial charge in [0.2, 0.25) is 18.2 Å². The number of likely N-dealkylation sites (tertiary alicyclic amines) is 1. The maximum absolute atomic E-state index is 11.6. The molecule has 162 valence electrons. The summed E-state index contributed by atoms with van der Waals surface area (Å²) >= 11 is 0. The number of hydrogen-bond acceptors (Lipinski definition) is 7. The Kier molecular flexibility index (Phi) is 5.23. The first-order valence-corrected chi connectivity index (χ1v) is 10.9. The number of carbonyl (C=O) groups is 1. The third-order valence-electron chi connectivity index (χ3n) is 6.27. The second-order valence-electron chi connectivity index (χ2n) is 8.29. The number of fused-ring (bicyclic) bond motifs is 1. The Hall–Kier alpha value is -3.13. The summed E-state index contributed by atoms with van der Waals surface area (Å²) in [5, 5.41) is 7.02. The number of ether oxygens (including phenoxy) is 1. The van der Waals surface area contributed by atoms with Gasteiger partial charge in [-0.2, -0.15) is 0 Å². The number of nitrogens with one attached hydrogen (secondary N) is 2. The number of aryl methyl sites for hydroxylation is 1. The molecule has 3 aliphatic heterocycles. The first-order chi connectivity index (χ1) is 15.1. The highest BCUT2D eigenvalue weighted by molar-refractivity contribution is 5.91. The van der Waals surface area contributed by atoms with Gasteiger partial charge < -0.3 is 25.2 Å². The average molecular weight is 421 g/mol. The highest BCUT2D eigenvalue weighted by Crippen LogP contribution is 2.37. The molecule has 31 heavy (non-hydrogen) atoms. The van der Waals surface area contributed by atoms with E-state index in [1.165, 1.54) is 5.56 Å². The van der Waals surface area contributed by atoms with E-state index in [1.807, 2.05) is 17.2 Å². The Bertz CT molecular complexity index is 1010. The number of nitrogens with zero attached hydrogens (tertiary/aromatic N) is 4. The van der Waals surface area contributed by atoms with Crippen molar-refractivity contribution < 1.29 is 9.53 Å². The highest BCUT2D eigenvalue weighted by Gasteiger charge is 2.38. The first kappa shape index (κ1) is 19.8. The number of amides is 1. The number of benzene rings is 1. The SMILES string of the molecule is CC(=O)N1CCC(Nc2nccc(C3=C(c4ccccc4C)NC4OCCN34)n2)CC1. The number of rotatable bonds is 4. The summed E-state index contributed by atoms with van der Waals surface area (Å²) in [7, 11) is 0. The normalized spacial score (nSPS) is 21.3. The van der Waals surface area contributed by atoms with Gasteiger partial charge in [-0.05, 0) is 31.4 Å². The van der Waals surface area contributed by atoms with Crippen LogP contribution in [0.1, 0.15) is 36.6 Å². The van der Waals surface area contributed by atoms with Crippen LogP contribution in [-0.4, -0.2) is 64.3 Å². The molecule has 0 bridgehead atoms. The summed E-state index contributed by atoms with van der Waals surface area (Å²) in [6, 6.07) is 10.6. The van der Waals surface area contributed by atoms with Crippen LogP contribution in [0.3, 0.4) is 0 Å². The first-order valence-electron chi connectivity index (χ1n) is 10.9. The minimum atomic E-state index is -0.160. The molecule has 4 heterocycles. The van der Waals surface area contributed by atoms with E-state index < -0.39 is 0 Å². The maximum atomic E-state index is 11.6. The van der Waals surface area contributed by atoms with E-state index in [2.05, 4.69) is 51.7 Å². The summed E-state index contributed by atoms with van der Waals surface area (Å²) in [5.41, 5.74) is 5.32. The van der Waals surface area contributed by atoms with E-state index in [4.69, 9.17) is 9.72 Å². The fourth-order valence-electron chi connectivity index (χ4n) is 4.57. The third kappa shape index (κ3) is 3.83. The fraction of sp³-hybridized carbons (Fsp3) is 0.435. The van der Waals surface area contributed by atoms with Crippen LogP contribution in [0, 0.1) is 6.92 Å². The van der Waals surface area contributed by atoms with Crippen LogP contribution in [0.15, 0.2) is 36.5 Å². The van der Waals surface area contributed by atoms with Crippen molar-refractivity contribution in [2.75, 3.05) is 31.6 Å². The predicted octanol–water partition coefficient (Wildman–Crippen LogP) is 2.25. The smallest absolute Gasteiger partial charge is 0.223 e. The monoisotopic (exact) mass is 420 g/mol. The molecule has 8 heteroatoms. The van der Waals surface area contributed by atoms with Gasteiger partial charge in [0.1, 0.15) is 0 Å². The second kappa shape index (κ2) is 8.19. The van der Waals surface area contributed by atoms with Crippen LogP contribution in [0.4, 0.5) is 5.95 Å². The molecule has 2 fully saturated rings. The Labute approximate surface area is 182 Å². The topological polar surface area (TPSA) is 82.6 Å². The lowest BCUT2D eigenvalue weighted by molar-refractivity contribution is -0.129. The Morgan fingerprint density at radius 2 is 2.00 bits per heavy atom. The van der Waals surface area contributed by atoms with Gasteiger partial charge in [0.25, 0.3) is 0 Å². The zero-order valence-corrected chi connectivity index (χ0v) is 18.0. The molecule has 0 radical (unpaired) electrons. The molecule has 1 unspecified atom stereocenters. The summed E-state index contributed by atoms with van der Waals surface area (Å²) in [4.78, 5) is 25.0. The van der Waals surface area contributed by atoms with Gasteiger partial charge in [-0.1, -0.05) is 24.3 Å². The van der Waals surface area contributed by atoms with Crippen LogP contribution in [0.25, 0.3) is 11.4 Å². The van der Waals surface area contributed by atoms with Gasteiger partial charge in [-0.3, -0.25) is 4.79 Å². The predicted molar refractivity (Wildman–Crippen MR) is 119 cm³/mol. The number of piperidine rings is 1. The molecule has 0 aliphatic carbocycles. The van der Waals surface area contributed by atoms with Crippen molar-refractivity contribution in [1.82, 2.24) is 25.1 Å². The Morgan fingerprint density at radius 3 is 2.77 bits per heavy atom. The minimum absolute atomic E-state index is 0.142. The zero-order chi connectivity index (χ0) is 21.4. The summed E-state index contributed by atoms with van der Waals surface area (Å²) in [6.07, 6.45) is 3.44. The molecular weight excluding hydrogens is 392 g/mol. The molecule has 2 saturated heterocycles. The molecule has 8 nitrogen and oxygen atoms in total. The summed E-state index contributed by atoms with van der Waals surface area (Å²) in [5.74, 6) is 0.766. The van der Waals surface area contributed by atoms with Crippen LogP contribution < -0.4 is 10.6 Å². The van der Waals surface area contributed by atoms with Gasteiger partial charge >= 0.3 is 0 Å². The van der Waals surface area contributed by atoms with Gasteiger partial charge in [-0.25, -0.2) is 9.97 Å². The average Bonchev–Trinajstić information content (AvgIpc) is 3.36. The maximum Gasteiger partial charge on any atom is 0.223 e. The largest absolute Gasteiger partial charge is 0.351 e. The third-order valence-corrected chi connectivity index (χ3v) is 6.27. The fourth-order valence-corrected chi connectivity index (χ4v) is 4.57. The van der Waals surface area contributed by atoms with E-state index >= 15 is 0 Å². The lowest BCUT2D eigenvalue weighted by atomic mass is 10.0. The van der Waals surface area contributed by atoms with Crippen molar-refractivity contribution >= 4 is 23.2 Å². The van der Waals surface area contributed by atoms with Crippen molar-refractivity contribution in [3.05, 3.63) is 53.3 Å². The second-order valence-corrected chi connectivity index (χ2v) is 8.29. The van der Waals surface area contributed by atoms with Crippen molar-refractivity contribution in [2.45, 2.75) is 39.1 Å². The van der Waals surface area contributed by atoms with Crippen LogP contribution >= 0.6 is 0 Å². The molecule has 0 spiro atoms. The van der Waals surface area contributed by atoms with Crippen molar-refractivity contribution in [2.24, 2.45) is 0 Å². The standard InChI is InChI=1S/C23H28N6O2/c1-15-5-3-4-6-18(15)20-21(29-13-14-31-23(29)27-20)19-7-10-24-22(26-19)25-17-8-11-28(12-9-17)16(2)30/h3-7,10,17,23,27H,8-9,11-14H2,1-2H3,(H,24,25,26). The van der Waals surface area contributed by atoms with Crippen LogP contribution in [0.2, 0.25) is 0 Å². The quantitative estimate of drug-likeness (QED) is 0.785. The van der Waals surface area contributed by atoms with Crippen molar-refractivity contribution in [3.63, 3.8) is 0 Å². The molecule has 5 rings (SSSR count). The molecule has 1 amide bonds. The molecular formula is C23H28N6O2. The van der Waals surface area contributed by atoms with Gasteiger partial charge in [0.05, 0.1) is 23.7 Å². The van der Waals surface area contributed by atoms with E-state index in [1.54, 1.807) is 6.92 Å². The number of aromatic nitrogens is 2. The molecule has 0 saturated carbocycles. The van der Waals surface area contributed by atoms with Gasteiger partial charge in [-0.15, -0.1) is 0 Å². The molecule has 1 atom stereocenters. The van der Waals surface area contributed by atoms with Crippen LogP contribution in [-0.2, 0) is 9.53 Å². The summed E-state index contributed by atoms with van der Waals surface area (Å²) in [6.45, 7) is 6.79. The van der Waals surface area contributed by atoms with Crippen LogP contribution in [0.5, 0.6) is 0 Å².